The Balaban J connectivity index is 2.02. The van der Waals surface area contributed by atoms with Crippen molar-refractivity contribution in [3.05, 3.63) is 29.8 Å². The Labute approximate surface area is 124 Å². The third kappa shape index (κ3) is 3.99. The van der Waals surface area contributed by atoms with Crippen LogP contribution in [0.5, 0.6) is 0 Å². The number of hydrogen-bond acceptors (Lipinski definition) is 2. The molecule has 0 radical (unpaired) electrons. The maximum Gasteiger partial charge on any atom is 0.0314 e. The zero-order chi connectivity index (χ0) is 14.8. The summed E-state index contributed by atoms with van der Waals surface area (Å²) < 4.78 is 0. The minimum Gasteiger partial charge on any atom is -0.399 e. The van der Waals surface area contributed by atoms with Crippen molar-refractivity contribution in [1.29, 1.82) is 0 Å². The van der Waals surface area contributed by atoms with Gasteiger partial charge in [-0.25, -0.2) is 0 Å². The molecule has 1 aliphatic rings. The average Bonchev–Trinajstić information content (AvgIpc) is 2.51. The van der Waals surface area contributed by atoms with Crippen LogP contribution >= 0.6 is 0 Å². The predicted octanol–water partition coefficient (Wildman–Crippen LogP) is 4.06. The van der Waals surface area contributed by atoms with E-state index in [2.05, 4.69) is 44.7 Å². The van der Waals surface area contributed by atoms with Crippen LogP contribution in [0.25, 0.3) is 0 Å². The lowest BCUT2D eigenvalue weighted by atomic mass is 9.83. The van der Waals surface area contributed by atoms with Gasteiger partial charge in [0.05, 0.1) is 0 Å². The Kier molecular flexibility index (Phi) is 4.43. The van der Waals surface area contributed by atoms with Crippen LogP contribution in [0.4, 0.5) is 5.69 Å². The summed E-state index contributed by atoms with van der Waals surface area (Å²) in [7, 11) is 0. The van der Waals surface area contributed by atoms with Gasteiger partial charge in [0.25, 0.3) is 0 Å². The SMILES string of the molecule is CC1(C)CCCN(CC(C)(C)c2ccc(N)cc2)CC1. The minimum atomic E-state index is 0.183. The fraction of sp³-hybridized carbons (Fsp3) is 0.667. The number of nitrogens with two attached hydrogens (primary N) is 1. The van der Waals surface area contributed by atoms with E-state index in [0.29, 0.717) is 5.41 Å². The summed E-state index contributed by atoms with van der Waals surface area (Å²) in [5, 5.41) is 0. The smallest absolute Gasteiger partial charge is 0.0314 e. The van der Waals surface area contributed by atoms with E-state index in [4.69, 9.17) is 5.73 Å². The van der Waals surface area contributed by atoms with Crippen molar-refractivity contribution < 1.29 is 0 Å². The average molecular weight is 274 g/mol. The third-order valence-electron chi connectivity index (χ3n) is 4.74. The third-order valence-corrected chi connectivity index (χ3v) is 4.74. The normalized spacial score (nSPS) is 20.6. The van der Waals surface area contributed by atoms with Crippen LogP contribution in [0.1, 0.15) is 52.5 Å². The largest absolute Gasteiger partial charge is 0.399 e. The fourth-order valence-corrected chi connectivity index (χ4v) is 3.22. The van der Waals surface area contributed by atoms with E-state index in [0.717, 1.165) is 12.2 Å². The Bertz CT molecular complexity index is 431. The monoisotopic (exact) mass is 274 g/mol. The van der Waals surface area contributed by atoms with Gasteiger partial charge in [0.1, 0.15) is 0 Å². The molecule has 1 fully saturated rings. The van der Waals surface area contributed by atoms with Crippen LogP contribution in [0.2, 0.25) is 0 Å². The lowest BCUT2D eigenvalue weighted by Crippen LogP contribution is -2.37. The summed E-state index contributed by atoms with van der Waals surface area (Å²) >= 11 is 0. The van der Waals surface area contributed by atoms with Crippen LogP contribution in [0.3, 0.4) is 0 Å². The van der Waals surface area contributed by atoms with Crippen LogP contribution in [-0.4, -0.2) is 24.5 Å². The Morgan fingerprint density at radius 2 is 1.75 bits per heavy atom. The van der Waals surface area contributed by atoms with Crippen molar-refractivity contribution >= 4 is 5.69 Å². The standard InChI is InChI=1S/C18H30N2/c1-17(2)10-5-12-20(13-11-17)14-18(3,4)15-6-8-16(19)9-7-15/h6-9H,5,10-14,19H2,1-4H3. The van der Waals surface area contributed by atoms with Gasteiger partial charge in [-0.15, -0.1) is 0 Å². The summed E-state index contributed by atoms with van der Waals surface area (Å²) in [6.45, 7) is 13.1. The van der Waals surface area contributed by atoms with Gasteiger partial charge < -0.3 is 10.6 Å². The molecule has 0 atom stereocenters. The quantitative estimate of drug-likeness (QED) is 0.842. The van der Waals surface area contributed by atoms with Gasteiger partial charge >= 0.3 is 0 Å². The molecule has 0 amide bonds. The molecule has 1 aromatic rings. The van der Waals surface area contributed by atoms with Crippen molar-refractivity contribution in [2.45, 2.75) is 52.4 Å². The highest BCUT2D eigenvalue weighted by atomic mass is 15.1. The molecule has 20 heavy (non-hydrogen) atoms. The number of nitrogen functional groups attached to an aromatic ring is 1. The highest BCUT2D eigenvalue weighted by molar-refractivity contribution is 5.41. The minimum absolute atomic E-state index is 0.183. The van der Waals surface area contributed by atoms with Crippen LogP contribution in [0, 0.1) is 5.41 Å². The topological polar surface area (TPSA) is 29.3 Å². The maximum atomic E-state index is 5.79. The first kappa shape index (κ1) is 15.4. The van der Waals surface area contributed by atoms with E-state index >= 15 is 0 Å². The maximum absolute atomic E-state index is 5.79. The van der Waals surface area contributed by atoms with E-state index in [9.17, 15) is 0 Å². The number of rotatable bonds is 3. The summed E-state index contributed by atoms with van der Waals surface area (Å²) in [4.78, 5) is 2.64. The predicted molar refractivity (Wildman–Crippen MR) is 88.0 cm³/mol. The molecule has 1 aromatic carbocycles. The summed E-state index contributed by atoms with van der Waals surface area (Å²) in [6.07, 6.45) is 3.99. The number of benzene rings is 1. The van der Waals surface area contributed by atoms with Crippen LogP contribution in [-0.2, 0) is 5.41 Å². The molecule has 2 N–H and O–H groups in total. The first-order valence-electron chi connectivity index (χ1n) is 7.87. The Hall–Kier alpha value is -1.02. The van der Waals surface area contributed by atoms with E-state index in [1.807, 2.05) is 12.1 Å². The molecule has 0 aromatic heterocycles. The molecule has 2 rings (SSSR count). The number of nitrogens with zero attached hydrogens (tertiary/aromatic N) is 1. The molecule has 0 saturated carbocycles. The lowest BCUT2D eigenvalue weighted by Gasteiger charge is -2.33. The molecule has 112 valence electrons. The Morgan fingerprint density at radius 1 is 1.10 bits per heavy atom. The molecule has 0 bridgehead atoms. The molecule has 0 aliphatic carbocycles. The van der Waals surface area contributed by atoms with Crippen molar-refractivity contribution in [2.24, 2.45) is 5.41 Å². The molecule has 2 nitrogen and oxygen atoms in total. The molecular formula is C18H30N2. The molecule has 1 aliphatic heterocycles. The zero-order valence-corrected chi connectivity index (χ0v) is 13.6. The van der Waals surface area contributed by atoms with Crippen molar-refractivity contribution in [2.75, 3.05) is 25.4 Å². The summed E-state index contributed by atoms with van der Waals surface area (Å²) in [5.41, 5.74) is 8.72. The van der Waals surface area contributed by atoms with E-state index in [1.54, 1.807) is 0 Å². The summed E-state index contributed by atoms with van der Waals surface area (Å²) in [6, 6.07) is 8.39. The van der Waals surface area contributed by atoms with Gasteiger partial charge in [0.15, 0.2) is 0 Å². The van der Waals surface area contributed by atoms with Crippen molar-refractivity contribution in [3.8, 4) is 0 Å². The van der Waals surface area contributed by atoms with Gasteiger partial charge in [0.2, 0.25) is 0 Å². The molecule has 2 heteroatoms. The second-order valence-electron chi connectivity index (χ2n) is 7.80. The summed E-state index contributed by atoms with van der Waals surface area (Å²) in [5.74, 6) is 0. The number of anilines is 1. The highest BCUT2D eigenvalue weighted by Crippen LogP contribution is 2.32. The first-order chi connectivity index (χ1) is 9.28. The molecule has 0 unspecified atom stereocenters. The van der Waals surface area contributed by atoms with Gasteiger partial charge in [0, 0.05) is 17.6 Å². The zero-order valence-electron chi connectivity index (χ0n) is 13.6. The van der Waals surface area contributed by atoms with Gasteiger partial charge in [-0.2, -0.15) is 0 Å². The van der Waals surface area contributed by atoms with E-state index in [-0.39, 0.29) is 5.41 Å². The van der Waals surface area contributed by atoms with E-state index < -0.39 is 0 Å². The Morgan fingerprint density at radius 3 is 2.40 bits per heavy atom. The lowest BCUT2D eigenvalue weighted by molar-refractivity contribution is 0.220. The van der Waals surface area contributed by atoms with Gasteiger partial charge in [-0.3, -0.25) is 0 Å². The van der Waals surface area contributed by atoms with Gasteiger partial charge in [-0.05, 0) is 55.5 Å². The highest BCUT2D eigenvalue weighted by Gasteiger charge is 2.28. The second-order valence-corrected chi connectivity index (χ2v) is 7.80. The number of likely N-dealkylation sites (tertiary alicyclic amines) is 1. The van der Waals surface area contributed by atoms with Crippen LogP contribution in [0.15, 0.2) is 24.3 Å². The van der Waals surface area contributed by atoms with Crippen LogP contribution < -0.4 is 5.73 Å². The first-order valence-corrected chi connectivity index (χ1v) is 7.87. The van der Waals surface area contributed by atoms with Crippen molar-refractivity contribution in [1.82, 2.24) is 4.90 Å². The second kappa shape index (κ2) is 5.77. The number of hydrogen-bond donors (Lipinski definition) is 1. The van der Waals surface area contributed by atoms with E-state index in [1.165, 1.54) is 37.9 Å². The molecular weight excluding hydrogens is 244 g/mol. The molecule has 1 saturated heterocycles. The molecule has 0 spiro atoms. The fourth-order valence-electron chi connectivity index (χ4n) is 3.22. The molecule has 1 heterocycles. The van der Waals surface area contributed by atoms with Crippen molar-refractivity contribution in [3.63, 3.8) is 0 Å². The van der Waals surface area contributed by atoms with Gasteiger partial charge in [-0.1, -0.05) is 39.8 Å².